The van der Waals surface area contributed by atoms with Crippen LogP contribution in [0.2, 0.25) is 0 Å². The molecule has 0 radical (unpaired) electrons. The van der Waals surface area contributed by atoms with Crippen molar-refractivity contribution in [3.8, 4) is 0 Å². The minimum absolute atomic E-state index is 0.0474. The molecule has 1 aromatic rings. The molecule has 0 spiro atoms. The average molecular weight is 237 g/mol. The van der Waals surface area contributed by atoms with E-state index in [1.807, 2.05) is 20.8 Å². The summed E-state index contributed by atoms with van der Waals surface area (Å²) in [5, 5.41) is 8.79. The smallest absolute Gasteiger partial charge is 0.239 e. The molecule has 0 atom stereocenters. The number of nitrogens with one attached hydrogen (secondary N) is 3. The van der Waals surface area contributed by atoms with Crippen LogP contribution in [-0.4, -0.2) is 35.5 Å². The summed E-state index contributed by atoms with van der Waals surface area (Å²) in [7, 11) is 0. The van der Waals surface area contributed by atoms with Gasteiger partial charge in [0.2, 0.25) is 5.91 Å². The molecule has 6 heteroatoms. The van der Waals surface area contributed by atoms with E-state index in [9.17, 15) is 4.79 Å². The number of hydrogen-bond acceptors (Lipinski definition) is 5. The fourth-order valence-corrected chi connectivity index (χ4v) is 1.36. The van der Waals surface area contributed by atoms with Gasteiger partial charge in [0.05, 0.1) is 6.54 Å². The standard InChI is InChI=1S/C11H19N5O/c1-4-12-9-6-10(16-8(3)15-9)14-7-11(17)13-5-2/h6H,4-5,7H2,1-3H3,(H,13,17)(H2,12,14,15,16). The molecular weight excluding hydrogens is 218 g/mol. The minimum Gasteiger partial charge on any atom is -0.370 e. The van der Waals surface area contributed by atoms with Gasteiger partial charge in [-0.25, -0.2) is 9.97 Å². The molecule has 1 rings (SSSR count). The first kappa shape index (κ1) is 13.2. The van der Waals surface area contributed by atoms with Crippen molar-refractivity contribution in [3.63, 3.8) is 0 Å². The van der Waals surface area contributed by atoms with Crippen LogP contribution in [0.3, 0.4) is 0 Å². The lowest BCUT2D eigenvalue weighted by Gasteiger charge is -2.09. The molecular formula is C11H19N5O. The molecule has 1 aromatic heterocycles. The minimum atomic E-state index is -0.0474. The Bertz CT molecular complexity index is 380. The van der Waals surface area contributed by atoms with Crippen molar-refractivity contribution in [2.45, 2.75) is 20.8 Å². The Hall–Kier alpha value is -1.85. The zero-order chi connectivity index (χ0) is 12.7. The molecule has 6 nitrogen and oxygen atoms in total. The molecule has 0 bridgehead atoms. The zero-order valence-corrected chi connectivity index (χ0v) is 10.5. The zero-order valence-electron chi connectivity index (χ0n) is 10.5. The highest BCUT2D eigenvalue weighted by Gasteiger charge is 2.03. The van der Waals surface area contributed by atoms with E-state index < -0.39 is 0 Å². The van der Waals surface area contributed by atoms with Gasteiger partial charge in [0, 0.05) is 19.2 Å². The van der Waals surface area contributed by atoms with Crippen molar-refractivity contribution in [1.82, 2.24) is 15.3 Å². The van der Waals surface area contributed by atoms with E-state index in [4.69, 9.17) is 0 Å². The molecule has 0 aliphatic rings. The van der Waals surface area contributed by atoms with E-state index in [0.29, 0.717) is 18.2 Å². The maximum atomic E-state index is 11.3. The molecule has 0 fully saturated rings. The normalized spacial score (nSPS) is 9.82. The van der Waals surface area contributed by atoms with Crippen LogP contribution in [0.1, 0.15) is 19.7 Å². The fraction of sp³-hybridized carbons (Fsp3) is 0.545. The van der Waals surface area contributed by atoms with E-state index in [1.54, 1.807) is 6.07 Å². The Balaban J connectivity index is 2.61. The highest BCUT2D eigenvalue weighted by molar-refractivity contribution is 5.80. The number of carbonyl (C=O) groups excluding carboxylic acids is 1. The van der Waals surface area contributed by atoms with Gasteiger partial charge in [0.15, 0.2) is 0 Å². The summed E-state index contributed by atoms with van der Waals surface area (Å²) in [5.41, 5.74) is 0. The van der Waals surface area contributed by atoms with Gasteiger partial charge in [-0.05, 0) is 20.8 Å². The van der Waals surface area contributed by atoms with Crippen molar-refractivity contribution in [3.05, 3.63) is 11.9 Å². The van der Waals surface area contributed by atoms with Crippen LogP contribution in [0, 0.1) is 6.92 Å². The summed E-state index contributed by atoms with van der Waals surface area (Å²) in [6.45, 7) is 7.35. The third-order valence-electron chi connectivity index (χ3n) is 2.00. The maximum Gasteiger partial charge on any atom is 0.239 e. The molecule has 1 heterocycles. The lowest BCUT2D eigenvalue weighted by atomic mass is 10.4. The monoisotopic (exact) mass is 237 g/mol. The lowest BCUT2D eigenvalue weighted by molar-refractivity contribution is -0.119. The van der Waals surface area contributed by atoms with Crippen LogP contribution in [0.5, 0.6) is 0 Å². The van der Waals surface area contributed by atoms with E-state index >= 15 is 0 Å². The Morgan fingerprint density at radius 3 is 2.41 bits per heavy atom. The van der Waals surface area contributed by atoms with Gasteiger partial charge in [-0.2, -0.15) is 0 Å². The molecule has 3 N–H and O–H groups in total. The summed E-state index contributed by atoms with van der Waals surface area (Å²) in [5.74, 6) is 2.04. The number of hydrogen-bond donors (Lipinski definition) is 3. The Labute approximate surface area is 101 Å². The SMILES string of the molecule is CCNC(=O)CNc1cc(NCC)nc(C)n1. The first-order valence-corrected chi connectivity index (χ1v) is 5.75. The van der Waals surface area contributed by atoms with Gasteiger partial charge < -0.3 is 16.0 Å². The predicted molar refractivity (Wildman–Crippen MR) is 68.1 cm³/mol. The van der Waals surface area contributed by atoms with E-state index in [0.717, 1.165) is 12.4 Å². The van der Waals surface area contributed by atoms with Crippen LogP contribution in [0.4, 0.5) is 11.6 Å². The van der Waals surface area contributed by atoms with Crippen molar-refractivity contribution >= 4 is 17.5 Å². The van der Waals surface area contributed by atoms with Crippen molar-refractivity contribution in [2.75, 3.05) is 30.3 Å². The molecule has 0 aliphatic heterocycles. The number of rotatable bonds is 6. The number of likely N-dealkylation sites (N-methyl/N-ethyl adjacent to an activating group) is 1. The molecule has 0 aromatic carbocycles. The van der Waals surface area contributed by atoms with Crippen molar-refractivity contribution in [2.24, 2.45) is 0 Å². The largest absolute Gasteiger partial charge is 0.370 e. The molecule has 0 aliphatic carbocycles. The second-order valence-electron chi connectivity index (χ2n) is 3.52. The lowest BCUT2D eigenvalue weighted by Crippen LogP contribution is -2.29. The van der Waals surface area contributed by atoms with Crippen LogP contribution < -0.4 is 16.0 Å². The molecule has 0 saturated heterocycles. The Kier molecular flexibility index (Phi) is 5.19. The van der Waals surface area contributed by atoms with Gasteiger partial charge in [0.1, 0.15) is 17.5 Å². The third-order valence-corrected chi connectivity index (χ3v) is 2.00. The summed E-state index contributed by atoms with van der Waals surface area (Å²) in [6, 6.07) is 1.79. The Morgan fingerprint density at radius 1 is 1.18 bits per heavy atom. The average Bonchev–Trinajstić information content (AvgIpc) is 2.26. The quantitative estimate of drug-likeness (QED) is 0.681. The fourth-order valence-electron chi connectivity index (χ4n) is 1.36. The van der Waals surface area contributed by atoms with Crippen LogP contribution in [0.25, 0.3) is 0 Å². The summed E-state index contributed by atoms with van der Waals surface area (Å²) >= 11 is 0. The molecule has 17 heavy (non-hydrogen) atoms. The highest BCUT2D eigenvalue weighted by atomic mass is 16.1. The molecule has 1 amide bonds. The first-order valence-electron chi connectivity index (χ1n) is 5.75. The van der Waals surface area contributed by atoms with Crippen LogP contribution >= 0.6 is 0 Å². The van der Waals surface area contributed by atoms with Gasteiger partial charge >= 0.3 is 0 Å². The van der Waals surface area contributed by atoms with E-state index in [-0.39, 0.29) is 12.5 Å². The number of amides is 1. The topological polar surface area (TPSA) is 78.9 Å². The van der Waals surface area contributed by atoms with Crippen LogP contribution in [-0.2, 0) is 4.79 Å². The van der Waals surface area contributed by atoms with Crippen molar-refractivity contribution < 1.29 is 4.79 Å². The van der Waals surface area contributed by atoms with E-state index in [1.165, 1.54) is 0 Å². The Morgan fingerprint density at radius 2 is 1.82 bits per heavy atom. The van der Waals surface area contributed by atoms with Crippen molar-refractivity contribution in [1.29, 1.82) is 0 Å². The number of aryl methyl sites for hydroxylation is 1. The second kappa shape index (κ2) is 6.67. The van der Waals surface area contributed by atoms with Crippen LogP contribution in [0.15, 0.2) is 6.07 Å². The van der Waals surface area contributed by atoms with Gasteiger partial charge in [-0.3, -0.25) is 4.79 Å². The second-order valence-corrected chi connectivity index (χ2v) is 3.52. The summed E-state index contributed by atoms with van der Waals surface area (Å²) in [6.07, 6.45) is 0. The van der Waals surface area contributed by atoms with E-state index in [2.05, 4.69) is 25.9 Å². The number of anilines is 2. The number of carbonyl (C=O) groups is 1. The van der Waals surface area contributed by atoms with Gasteiger partial charge in [0.25, 0.3) is 0 Å². The third kappa shape index (κ3) is 4.67. The van der Waals surface area contributed by atoms with Gasteiger partial charge in [-0.1, -0.05) is 0 Å². The molecule has 94 valence electrons. The maximum absolute atomic E-state index is 11.3. The highest BCUT2D eigenvalue weighted by Crippen LogP contribution is 2.10. The number of nitrogens with zero attached hydrogens (tertiary/aromatic N) is 2. The first-order chi connectivity index (χ1) is 8.15. The van der Waals surface area contributed by atoms with Gasteiger partial charge in [-0.15, -0.1) is 0 Å². The predicted octanol–water partition coefficient (Wildman–Crippen LogP) is 0.765. The molecule has 0 saturated carbocycles. The number of aromatic nitrogens is 2. The summed E-state index contributed by atoms with van der Waals surface area (Å²) in [4.78, 5) is 19.7. The molecule has 0 unspecified atom stereocenters. The summed E-state index contributed by atoms with van der Waals surface area (Å²) < 4.78 is 0.